The zero-order valence-electron chi connectivity index (χ0n) is 9.95. The molecule has 3 heteroatoms. The van der Waals surface area contributed by atoms with Crippen molar-refractivity contribution in [2.75, 3.05) is 6.54 Å². The number of hydrogen-bond acceptors (Lipinski definition) is 3. The monoisotopic (exact) mass is 215 g/mol. The number of aliphatic hydroxyl groups excluding tert-OH is 2. The summed E-state index contributed by atoms with van der Waals surface area (Å²) >= 11 is 0. The van der Waals surface area contributed by atoms with Crippen LogP contribution < -0.4 is 5.32 Å². The first-order valence-electron chi connectivity index (χ1n) is 6.20. The fourth-order valence-corrected chi connectivity index (χ4v) is 2.03. The Kier molecular flexibility index (Phi) is 5.58. The van der Waals surface area contributed by atoms with Gasteiger partial charge in [-0.25, -0.2) is 0 Å². The van der Waals surface area contributed by atoms with Crippen LogP contribution in [-0.4, -0.2) is 35.0 Å². The number of rotatable bonds is 4. The van der Waals surface area contributed by atoms with Crippen LogP contribution in [0.5, 0.6) is 0 Å². The van der Waals surface area contributed by atoms with E-state index in [1.807, 2.05) is 13.8 Å². The first kappa shape index (κ1) is 12.9. The largest absolute Gasteiger partial charge is 0.392 e. The topological polar surface area (TPSA) is 52.5 Å². The van der Waals surface area contributed by atoms with E-state index < -0.39 is 0 Å². The highest BCUT2D eigenvalue weighted by Gasteiger charge is 2.22. The third-order valence-electron chi connectivity index (χ3n) is 3.34. The van der Waals surface area contributed by atoms with Crippen molar-refractivity contribution in [3.05, 3.63) is 0 Å². The Morgan fingerprint density at radius 3 is 2.53 bits per heavy atom. The molecule has 0 aliphatic heterocycles. The molecule has 3 N–H and O–H groups in total. The minimum atomic E-state index is -0.305. The van der Waals surface area contributed by atoms with Crippen molar-refractivity contribution >= 4 is 0 Å². The molecule has 0 amide bonds. The van der Waals surface area contributed by atoms with Gasteiger partial charge in [-0.05, 0) is 18.8 Å². The number of nitrogens with one attached hydrogen (secondary N) is 1. The highest BCUT2D eigenvalue weighted by molar-refractivity contribution is 4.80. The van der Waals surface area contributed by atoms with Crippen molar-refractivity contribution in [3.8, 4) is 0 Å². The van der Waals surface area contributed by atoms with Crippen molar-refractivity contribution in [1.82, 2.24) is 5.32 Å². The molecule has 0 bridgehead atoms. The van der Waals surface area contributed by atoms with Gasteiger partial charge in [-0.3, -0.25) is 0 Å². The van der Waals surface area contributed by atoms with Crippen LogP contribution in [0.2, 0.25) is 0 Å². The average molecular weight is 215 g/mol. The molecule has 0 aromatic carbocycles. The van der Waals surface area contributed by atoms with Gasteiger partial charge in [-0.2, -0.15) is 0 Å². The maximum absolute atomic E-state index is 9.86. The lowest BCUT2D eigenvalue weighted by Gasteiger charge is -2.24. The second-order valence-corrected chi connectivity index (χ2v) is 5.03. The molecule has 0 radical (unpaired) electrons. The van der Waals surface area contributed by atoms with Gasteiger partial charge in [-0.1, -0.05) is 33.1 Å². The maximum atomic E-state index is 9.86. The predicted molar refractivity (Wildman–Crippen MR) is 61.7 cm³/mol. The molecule has 0 heterocycles. The van der Waals surface area contributed by atoms with Crippen LogP contribution >= 0.6 is 0 Å². The molecular formula is C12H25NO2. The van der Waals surface area contributed by atoms with E-state index in [-0.39, 0.29) is 24.2 Å². The van der Waals surface area contributed by atoms with E-state index in [9.17, 15) is 10.2 Å². The van der Waals surface area contributed by atoms with E-state index >= 15 is 0 Å². The lowest BCUT2D eigenvalue weighted by Crippen LogP contribution is -2.43. The van der Waals surface area contributed by atoms with Gasteiger partial charge in [0.2, 0.25) is 0 Å². The summed E-state index contributed by atoms with van der Waals surface area (Å²) in [6, 6.07) is 0.181. The van der Waals surface area contributed by atoms with E-state index in [0.717, 1.165) is 19.3 Å². The Morgan fingerprint density at radius 2 is 1.87 bits per heavy atom. The van der Waals surface area contributed by atoms with Gasteiger partial charge in [0.05, 0.1) is 12.2 Å². The summed E-state index contributed by atoms with van der Waals surface area (Å²) in [5, 5.41) is 22.8. The van der Waals surface area contributed by atoms with Gasteiger partial charge < -0.3 is 15.5 Å². The van der Waals surface area contributed by atoms with Gasteiger partial charge in [-0.15, -0.1) is 0 Å². The molecule has 1 aliphatic carbocycles. The Labute approximate surface area is 92.9 Å². The van der Waals surface area contributed by atoms with E-state index in [1.54, 1.807) is 0 Å². The van der Waals surface area contributed by atoms with Gasteiger partial charge >= 0.3 is 0 Å². The molecule has 1 aliphatic rings. The minimum absolute atomic E-state index is 0.181. The SMILES string of the molecule is CC(C)C(O)CNC1CCCCCC1O. The summed E-state index contributed by atoms with van der Waals surface area (Å²) in [6.07, 6.45) is 4.94. The minimum Gasteiger partial charge on any atom is -0.392 e. The van der Waals surface area contributed by atoms with E-state index in [2.05, 4.69) is 5.32 Å². The van der Waals surface area contributed by atoms with Crippen molar-refractivity contribution in [2.45, 2.75) is 64.2 Å². The van der Waals surface area contributed by atoms with Crippen LogP contribution in [0.4, 0.5) is 0 Å². The lowest BCUT2D eigenvalue weighted by atomic mass is 10.0. The zero-order chi connectivity index (χ0) is 11.3. The standard InChI is InChI=1S/C12H25NO2/c1-9(2)12(15)8-13-10-6-4-3-5-7-11(10)14/h9-15H,3-8H2,1-2H3. The molecule has 1 saturated carbocycles. The summed E-state index contributed by atoms with van der Waals surface area (Å²) in [5.74, 6) is 0.278. The summed E-state index contributed by atoms with van der Waals surface area (Å²) in [7, 11) is 0. The van der Waals surface area contributed by atoms with Gasteiger partial charge in [0.15, 0.2) is 0 Å². The highest BCUT2D eigenvalue weighted by atomic mass is 16.3. The smallest absolute Gasteiger partial charge is 0.0693 e. The van der Waals surface area contributed by atoms with Gasteiger partial charge in [0.25, 0.3) is 0 Å². The summed E-state index contributed by atoms with van der Waals surface area (Å²) < 4.78 is 0. The van der Waals surface area contributed by atoms with Crippen molar-refractivity contribution in [3.63, 3.8) is 0 Å². The lowest BCUT2D eigenvalue weighted by molar-refractivity contribution is 0.0885. The molecule has 0 saturated heterocycles. The Balaban J connectivity index is 2.29. The molecule has 0 spiro atoms. The normalized spacial score (nSPS) is 30.2. The van der Waals surface area contributed by atoms with E-state index in [1.165, 1.54) is 12.8 Å². The van der Waals surface area contributed by atoms with Crippen molar-refractivity contribution < 1.29 is 10.2 Å². The second kappa shape index (κ2) is 6.46. The van der Waals surface area contributed by atoms with Crippen LogP contribution in [0.25, 0.3) is 0 Å². The van der Waals surface area contributed by atoms with E-state index in [4.69, 9.17) is 0 Å². The predicted octanol–water partition coefficient (Wildman–Crippen LogP) is 1.29. The fraction of sp³-hybridized carbons (Fsp3) is 1.00. The maximum Gasteiger partial charge on any atom is 0.0693 e. The van der Waals surface area contributed by atoms with E-state index in [0.29, 0.717) is 6.54 Å². The Bertz CT molecular complexity index is 173. The summed E-state index contributed by atoms with van der Waals surface area (Å²) in [6.45, 7) is 4.62. The van der Waals surface area contributed by atoms with Crippen molar-refractivity contribution in [2.24, 2.45) is 5.92 Å². The molecule has 3 nitrogen and oxygen atoms in total. The van der Waals surface area contributed by atoms with Gasteiger partial charge in [0, 0.05) is 12.6 Å². The number of aliphatic hydroxyl groups is 2. The molecule has 0 aromatic heterocycles. The Morgan fingerprint density at radius 1 is 1.20 bits per heavy atom. The second-order valence-electron chi connectivity index (χ2n) is 5.03. The van der Waals surface area contributed by atoms with Crippen LogP contribution in [0.3, 0.4) is 0 Å². The third-order valence-corrected chi connectivity index (χ3v) is 3.34. The zero-order valence-corrected chi connectivity index (χ0v) is 9.95. The van der Waals surface area contributed by atoms with Crippen molar-refractivity contribution in [1.29, 1.82) is 0 Å². The quantitative estimate of drug-likeness (QED) is 0.619. The van der Waals surface area contributed by atoms with Crippen LogP contribution in [-0.2, 0) is 0 Å². The molecule has 3 unspecified atom stereocenters. The molecule has 1 fully saturated rings. The first-order valence-corrected chi connectivity index (χ1v) is 6.20. The van der Waals surface area contributed by atoms with Crippen LogP contribution in [0, 0.1) is 5.92 Å². The van der Waals surface area contributed by atoms with Crippen LogP contribution in [0.1, 0.15) is 46.0 Å². The summed E-state index contributed by atoms with van der Waals surface area (Å²) in [4.78, 5) is 0. The third kappa shape index (κ3) is 4.49. The fourth-order valence-electron chi connectivity index (χ4n) is 2.03. The summed E-state index contributed by atoms with van der Waals surface area (Å²) in [5.41, 5.74) is 0. The molecule has 90 valence electrons. The first-order chi connectivity index (χ1) is 7.11. The van der Waals surface area contributed by atoms with Gasteiger partial charge in [0.1, 0.15) is 0 Å². The molecule has 15 heavy (non-hydrogen) atoms. The average Bonchev–Trinajstić information content (AvgIpc) is 2.39. The molecular weight excluding hydrogens is 190 g/mol. The molecule has 0 aromatic rings. The Hall–Kier alpha value is -0.120. The van der Waals surface area contributed by atoms with Crippen LogP contribution in [0.15, 0.2) is 0 Å². The number of hydrogen-bond donors (Lipinski definition) is 3. The highest BCUT2D eigenvalue weighted by Crippen LogP contribution is 2.18. The molecule has 1 rings (SSSR count). The molecule has 3 atom stereocenters.